The zero-order chi connectivity index (χ0) is 15.4. The molecule has 0 bridgehead atoms. The van der Waals surface area contributed by atoms with Crippen molar-refractivity contribution >= 4 is 23.2 Å². The molecule has 22 heavy (non-hydrogen) atoms. The number of nitrogens with one attached hydrogen (secondary N) is 1. The summed E-state index contributed by atoms with van der Waals surface area (Å²) < 4.78 is 12.0. The summed E-state index contributed by atoms with van der Waals surface area (Å²) in [7, 11) is 0. The topological polar surface area (TPSA) is 30.5 Å². The minimum atomic E-state index is -0.245. The number of rotatable bonds is 4. The fourth-order valence-electron chi connectivity index (χ4n) is 2.49. The SMILES string of the molecule is Clc1cccc(O[C@@H](c2ccccc2)[C@@H]2CNCCO2)c1Cl. The van der Waals surface area contributed by atoms with Crippen LogP contribution in [0.5, 0.6) is 5.75 Å². The molecule has 3 rings (SSSR count). The number of hydrogen-bond donors (Lipinski definition) is 1. The van der Waals surface area contributed by atoms with E-state index in [0.717, 1.165) is 18.7 Å². The van der Waals surface area contributed by atoms with E-state index in [1.807, 2.05) is 42.5 Å². The second-order valence-corrected chi connectivity index (χ2v) is 5.90. The molecule has 0 saturated carbocycles. The van der Waals surface area contributed by atoms with Crippen LogP contribution in [0.1, 0.15) is 11.7 Å². The maximum absolute atomic E-state index is 6.25. The maximum atomic E-state index is 6.25. The summed E-state index contributed by atoms with van der Waals surface area (Å²) in [6.07, 6.45) is -0.323. The lowest BCUT2D eigenvalue weighted by Crippen LogP contribution is -2.43. The first-order valence-corrected chi connectivity index (χ1v) is 7.99. The third kappa shape index (κ3) is 3.55. The smallest absolute Gasteiger partial charge is 0.151 e. The Morgan fingerprint density at radius 3 is 2.64 bits per heavy atom. The van der Waals surface area contributed by atoms with Crippen molar-refractivity contribution in [2.45, 2.75) is 12.2 Å². The molecule has 0 aliphatic carbocycles. The third-order valence-electron chi connectivity index (χ3n) is 3.59. The molecular formula is C17H17Cl2NO2. The summed E-state index contributed by atoms with van der Waals surface area (Å²) >= 11 is 12.3. The molecule has 0 radical (unpaired) electrons. The molecule has 2 aromatic rings. The van der Waals surface area contributed by atoms with E-state index in [-0.39, 0.29) is 12.2 Å². The average molecular weight is 338 g/mol. The second-order valence-electron chi connectivity index (χ2n) is 5.11. The lowest BCUT2D eigenvalue weighted by atomic mass is 10.0. The van der Waals surface area contributed by atoms with E-state index in [1.54, 1.807) is 6.07 Å². The van der Waals surface area contributed by atoms with Gasteiger partial charge < -0.3 is 14.8 Å². The van der Waals surface area contributed by atoms with Gasteiger partial charge in [-0.15, -0.1) is 0 Å². The van der Waals surface area contributed by atoms with Gasteiger partial charge in [0.1, 0.15) is 16.9 Å². The van der Waals surface area contributed by atoms with E-state index in [4.69, 9.17) is 32.7 Å². The van der Waals surface area contributed by atoms with Crippen molar-refractivity contribution in [1.29, 1.82) is 0 Å². The molecular weight excluding hydrogens is 321 g/mol. The standard InChI is InChI=1S/C17H17Cl2NO2/c18-13-7-4-8-14(16(13)19)22-17(12-5-2-1-3-6-12)15-11-20-9-10-21-15/h1-8,15,17,20H,9-11H2/t15-,17-/m0/s1. The molecule has 0 unspecified atom stereocenters. The monoisotopic (exact) mass is 337 g/mol. The van der Waals surface area contributed by atoms with Crippen LogP contribution in [0, 0.1) is 0 Å². The molecule has 1 fully saturated rings. The van der Waals surface area contributed by atoms with Crippen LogP contribution in [0.4, 0.5) is 0 Å². The number of halogens is 2. The van der Waals surface area contributed by atoms with Gasteiger partial charge in [-0.2, -0.15) is 0 Å². The summed E-state index contributed by atoms with van der Waals surface area (Å²) in [6.45, 7) is 2.26. The van der Waals surface area contributed by atoms with E-state index >= 15 is 0 Å². The van der Waals surface area contributed by atoms with Crippen molar-refractivity contribution in [3.05, 3.63) is 64.1 Å². The van der Waals surface area contributed by atoms with Crippen molar-refractivity contribution in [2.75, 3.05) is 19.7 Å². The highest BCUT2D eigenvalue weighted by Crippen LogP contribution is 2.35. The largest absolute Gasteiger partial charge is 0.481 e. The number of ether oxygens (including phenoxy) is 2. The van der Waals surface area contributed by atoms with E-state index in [2.05, 4.69) is 5.32 Å². The number of benzene rings is 2. The molecule has 1 aliphatic rings. The van der Waals surface area contributed by atoms with Gasteiger partial charge in [-0.1, -0.05) is 59.6 Å². The van der Waals surface area contributed by atoms with Crippen LogP contribution in [0.2, 0.25) is 10.0 Å². The predicted molar refractivity (Wildman–Crippen MR) is 88.9 cm³/mol. The number of hydrogen-bond acceptors (Lipinski definition) is 3. The van der Waals surface area contributed by atoms with E-state index < -0.39 is 0 Å². The first-order chi connectivity index (χ1) is 10.8. The van der Waals surface area contributed by atoms with Crippen LogP contribution in [-0.4, -0.2) is 25.8 Å². The minimum absolute atomic E-state index is 0.0776. The quantitative estimate of drug-likeness (QED) is 0.910. The summed E-state index contributed by atoms with van der Waals surface area (Å²) in [5.41, 5.74) is 1.05. The van der Waals surface area contributed by atoms with Crippen LogP contribution in [0.3, 0.4) is 0 Å². The second kappa shape index (κ2) is 7.34. The lowest BCUT2D eigenvalue weighted by Gasteiger charge is -2.32. The number of morpholine rings is 1. The molecule has 1 N–H and O–H groups in total. The predicted octanol–water partition coefficient (Wildman–Crippen LogP) is 4.10. The molecule has 116 valence electrons. The van der Waals surface area contributed by atoms with E-state index in [9.17, 15) is 0 Å². The summed E-state index contributed by atoms with van der Waals surface area (Å²) in [4.78, 5) is 0. The van der Waals surface area contributed by atoms with Gasteiger partial charge in [0.2, 0.25) is 0 Å². The Balaban J connectivity index is 1.89. The lowest BCUT2D eigenvalue weighted by molar-refractivity contribution is -0.0432. The minimum Gasteiger partial charge on any atom is -0.481 e. The van der Waals surface area contributed by atoms with Crippen LogP contribution in [0.25, 0.3) is 0 Å². The first kappa shape index (κ1) is 15.6. The Labute approximate surface area is 140 Å². The van der Waals surface area contributed by atoms with E-state index in [0.29, 0.717) is 22.4 Å². The molecule has 1 heterocycles. The van der Waals surface area contributed by atoms with Gasteiger partial charge in [0.25, 0.3) is 0 Å². The van der Waals surface area contributed by atoms with Crippen LogP contribution in [0.15, 0.2) is 48.5 Å². The third-order valence-corrected chi connectivity index (χ3v) is 4.39. The van der Waals surface area contributed by atoms with Gasteiger partial charge >= 0.3 is 0 Å². The van der Waals surface area contributed by atoms with Gasteiger partial charge in [-0.3, -0.25) is 0 Å². The Bertz CT molecular complexity index is 615. The van der Waals surface area contributed by atoms with Crippen molar-refractivity contribution in [3.8, 4) is 5.75 Å². The Kier molecular flexibility index (Phi) is 5.21. The van der Waals surface area contributed by atoms with Crippen molar-refractivity contribution < 1.29 is 9.47 Å². The highest BCUT2D eigenvalue weighted by molar-refractivity contribution is 6.42. The van der Waals surface area contributed by atoms with Crippen molar-refractivity contribution in [1.82, 2.24) is 5.32 Å². The Morgan fingerprint density at radius 2 is 1.91 bits per heavy atom. The molecule has 3 nitrogen and oxygen atoms in total. The summed E-state index contributed by atoms with van der Waals surface area (Å²) in [5, 5.41) is 4.24. The molecule has 1 saturated heterocycles. The van der Waals surface area contributed by atoms with Gasteiger partial charge in [0, 0.05) is 13.1 Å². The maximum Gasteiger partial charge on any atom is 0.151 e. The molecule has 0 aromatic heterocycles. The molecule has 5 heteroatoms. The van der Waals surface area contributed by atoms with E-state index in [1.165, 1.54) is 0 Å². The molecule has 2 aromatic carbocycles. The fourth-order valence-corrected chi connectivity index (χ4v) is 2.83. The van der Waals surface area contributed by atoms with Gasteiger partial charge in [0.15, 0.2) is 6.10 Å². The van der Waals surface area contributed by atoms with Crippen LogP contribution >= 0.6 is 23.2 Å². The average Bonchev–Trinajstić information content (AvgIpc) is 2.58. The Hall–Kier alpha value is -1.26. The highest BCUT2D eigenvalue weighted by Gasteiger charge is 2.28. The molecule has 2 atom stereocenters. The Morgan fingerprint density at radius 1 is 1.09 bits per heavy atom. The van der Waals surface area contributed by atoms with Gasteiger partial charge in [-0.25, -0.2) is 0 Å². The highest BCUT2D eigenvalue weighted by atomic mass is 35.5. The van der Waals surface area contributed by atoms with Crippen molar-refractivity contribution in [2.24, 2.45) is 0 Å². The zero-order valence-electron chi connectivity index (χ0n) is 12.0. The molecule has 0 spiro atoms. The van der Waals surface area contributed by atoms with Crippen LogP contribution < -0.4 is 10.1 Å². The summed E-state index contributed by atoms with van der Waals surface area (Å²) in [6, 6.07) is 15.4. The first-order valence-electron chi connectivity index (χ1n) is 7.23. The zero-order valence-corrected chi connectivity index (χ0v) is 13.5. The summed E-state index contributed by atoms with van der Waals surface area (Å²) in [5.74, 6) is 0.567. The van der Waals surface area contributed by atoms with Gasteiger partial charge in [0.05, 0.1) is 11.6 Å². The van der Waals surface area contributed by atoms with Gasteiger partial charge in [-0.05, 0) is 17.7 Å². The fraction of sp³-hybridized carbons (Fsp3) is 0.294. The molecule has 1 aliphatic heterocycles. The molecule has 0 amide bonds. The van der Waals surface area contributed by atoms with Crippen molar-refractivity contribution in [3.63, 3.8) is 0 Å². The van der Waals surface area contributed by atoms with Crippen LogP contribution in [-0.2, 0) is 4.74 Å². The normalized spacial score (nSPS) is 19.6.